The first-order valence-electron chi connectivity index (χ1n) is 5.37. The van der Waals surface area contributed by atoms with Gasteiger partial charge in [0.25, 0.3) is 5.91 Å². The molecular weight excluding hydrogens is 258 g/mol. The summed E-state index contributed by atoms with van der Waals surface area (Å²) in [4.78, 5) is 21.4. The highest BCUT2D eigenvalue weighted by Crippen LogP contribution is 2.18. The van der Waals surface area contributed by atoms with Crippen molar-refractivity contribution in [3.05, 3.63) is 28.0 Å². The first-order chi connectivity index (χ1) is 9.01. The molecule has 1 aromatic heterocycles. The molecule has 0 radical (unpaired) electrons. The van der Waals surface area contributed by atoms with Gasteiger partial charge >= 0.3 is 5.88 Å². The van der Waals surface area contributed by atoms with Crippen molar-refractivity contribution >= 4 is 18.0 Å². The molecule has 0 bridgehead atoms. The lowest BCUT2D eigenvalue weighted by Gasteiger charge is -2.18. The highest BCUT2D eigenvalue weighted by molar-refractivity contribution is 5.85. The van der Waals surface area contributed by atoms with Crippen LogP contribution in [-0.4, -0.2) is 36.0 Å². The van der Waals surface area contributed by atoms with Gasteiger partial charge in [-0.25, -0.2) is 5.43 Å². The summed E-state index contributed by atoms with van der Waals surface area (Å²) in [7, 11) is 0. The third-order valence-corrected chi connectivity index (χ3v) is 2.40. The Morgan fingerprint density at radius 1 is 1.53 bits per heavy atom. The highest BCUT2D eigenvalue weighted by atomic mass is 16.7. The monoisotopic (exact) mass is 269 g/mol. The topological polar surface area (TPSA) is 116 Å². The molecule has 102 valence electrons. The van der Waals surface area contributed by atoms with Crippen molar-refractivity contribution in [2.24, 2.45) is 5.10 Å². The van der Waals surface area contributed by atoms with E-state index in [1.54, 1.807) is 0 Å². The molecule has 1 aliphatic rings. The van der Waals surface area contributed by atoms with Gasteiger partial charge in [0.1, 0.15) is 4.92 Å². The van der Waals surface area contributed by atoms with Gasteiger partial charge in [-0.15, -0.1) is 0 Å². The minimum absolute atomic E-state index is 0.144. The van der Waals surface area contributed by atoms with Crippen molar-refractivity contribution in [2.45, 2.75) is 12.7 Å². The van der Waals surface area contributed by atoms with Crippen molar-refractivity contribution in [2.75, 3.05) is 13.2 Å². The summed E-state index contributed by atoms with van der Waals surface area (Å²) < 4.78 is 15.1. The van der Waals surface area contributed by atoms with Gasteiger partial charge < -0.3 is 13.9 Å². The molecule has 1 aliphatic heterocycles. The Bertz CT molecular complexity index is 517. The van der Waals surface area contributed by atoms with E-state index >= 15 is 0 Å². The van der Waals surface area contributed by atoms with Crippen LogP contribution in [0, 0.1) is 10.1 Å². The van der Waals surface area contributed by atoms with Crippen LogP contribution in [0.5, 0.6) is 0 Å². The molecule has 1 N–H and O–H groups in total. The normalized spacial score (nSPS) is 17.7. The number of carbonyl (C=O) groups is 1. The van der Waals surface area contributed by atoms with Crippen LogP contribution in [-0.2, 0) is 14.3 Å². The quantitative estimate of drug-likeness (QED) is 0.480. The molecule has 1 amide bonds. The van der Waals surface area contributed by atoms with Gasteiger partial charge in [0.2, 0.25) is 5.79 Å². The number of amides is 1. The fraction of sp³-hybridized carbons (Fsp3) is 0.400. The molecule has 1 aromatic rings. The lowest BCUT2D eigenvalue weighted by Crippen LogP contribution is -2.43. The molecule has 0 saturated carbocycles. The van der Waals surface area contributed by atoms with Gasteiger partial charge in [-0.1, -0.05) is 0 Å². The summed E-state index contributed by atoms with van der Waals surface area (Å²) >= 11 is 0. The molecule has 0 aliphatic carbocycles. The summed E-state index contributed by atoms with van der Waals surface area (Å²) in [5.74, 6) is -2.18. The summed E-state index contributed by atoms with van der Waals surface area (Å²) in [6.07, 6.45) is 1.14. The first-order valence-corrected chi connectivity index (χ1v) is 5.37. The second-order valence-electron chi connectivity index (χ2n) is 3.77. The molecule has 1 saturated heterocycles. The van der Waals surface area contributed by atoms with E-state index < -0.39 is 22.5 Å². The number of nitrogens with one attached hydrogen (secondary N) is 1. The van der Waals surface area contributed by atoms with Crippen LogP contribution < -0.4 is 5.43 Å². The lowest BCUT2D eigenvalue weighted by molar-refractivity contribution is -0.402. The number of hydrazone groups is 1. The Kier molecular flexibility index (Phi) is 3.58. The van der Waals surface area contributed by atoms with Crippen LogP contribution in [0.4, 0.5) is 5.88 Å². The average molecular weight is 269 g/mol. The van der Waals surface area contributed by atoms with Crippen molar-refractivity contribution in [1.82, 2.24) is 5.43 Å². The first kappa shape index (κ1) is 13.2. The number of hydrogen-bond acceptors (Lipinski definition) is 7. The van der Waals surface area contributed by atoms with Gasteiger partial charge in [0.15, 0.2) is 5.76 Å². The summed E-state index contributed by atoms with van der Waals surface area (Å²) in [5, 5.41) is 14.0. The molecule has 0 aromatic carbocycles. The van der Waals surface area contributed by atoms with Crippen molar-refractivity contribution in [1.29, 1.82) is 0 Å². The molecule has 2 heterocycles. The molecule has 0 spiro atoms. The molecule has 9 nitrogen and oxygen atoms in total. The Hall–Kier alpha value is -2.26. The predicted octanol–water partition coefficient (Wildman–Crippen LogP) is 0.401. The minimum Gasteiger partial charge on any atom is -0.400 e. The van der Waals surface area contributed by atoms with Crippen molar-refractivity contribution < 1.29 is 23.6 Å². The number of nitro groups is 1. The van der Waals surface area contributed by atoms with E-state index in [-0.39, 0.29) is 5.76 Å². The van der Waals surface area contributed by atoms with E-state index in [4.69, 9.17) is 13.9 Å². The number of rotatable bonds is 4. The number of furan rings is 1. The second kappa shape index (κ2) is 5.16. The third kappa shape index (κ3) is 2.95. The van der Waals surface area contributed by atoms with E-state index in [9.17, 15) is 14.9 Å². The van der Waals surface area contributed by atoms with Crippen molar-refractivity contribution in [3.8, 4) is 0 Å². The van der Waals surface area contributed by atoms with Crippen LogP contribution in [0.15, 0.2) is 21.7 Å². The zero-order chi connectivity index (χ0) is 13.9. The number of hydrogen-bond donors (Lipinski definition) is 1. The maximum atomic E-state index is 11.7. The fourth-order valence-electron chi connectivity index (χ4n) is 1.41. The van der Waals surface area contributed by atoms with E-state index in [1.807, 2.05) is 0 Å². The van der Waals surface area contributed by atoms with Crippen LogP contribution >= 0.6 is 0 Å². The zero-order valence-corrected chi connectivity index (χ0v) is 9.99. The standard InChI is InChI=1S/C10H11N3O6/c1-10(17-4-5-18-10)9(14)12-11-6-7-2-3-8(19-7)13(15)16/h2-3,6H,4-5H2,1H3,(H,12,14). The zero-order valence-electron chi connectivity index (χ0n) is 9.99. The van der Waals surface area contributed by atoms with E-state index in [1.165, 1.54) is 19.1 Å². The number of carbonyl (C=O) groups excluding carboxylic acids is 1. The van der Waals surface area contributed by atoms with Gasteiger partial charge in [-0.2, -0.15) is 5.10 Å². The summed E-state index contributed by atoms with van der Waals surface area (Å²) in [6, 6.07) is 2.55. The van der Waals surface area contributed by atoms with Crippen LogP contribution in [0.25, 0.3) is 0 Å². The Labute approximate surface area is 107 Å². The third-order valence-electron chi connectivity index (χ3n) is 2.40. The van der Waals surface area contributed by atoms with Crippen LogP contribution in [0.2, 0.25) is 0 Å². The van der Waals surface area contributed by atoms with Gasteiger partial charge in [-0.05, 0) is 13.0 Å². The summed E-state index contributed by atoms with van der Waals surface area (Å²) in [5.41, 5.74) is 2.20. The van der Waals surface area contributed by atoms with E-state index in [0.29, 0.717) is 13.2 Å². The molecule has 9 heteroatoms. The molecule has 19 heavy (non-hydrogen) atoms. The highest BCUT2D eigenvalue weighted by Gasteiger charge is 2.39. The predicted molar refractivity (Wildman–Crippen MR) is 61.4 cm³/mol. The number of nitrogens with zero attached hydrogens (tertiary/aromatic N) is 2. The fourth-order valence-corrected chi connectivity index (χ4v) is 1.41. The van der Waals surface area contributed by atoms with E-state index in [2.05, 4.69) is 10.5 Å². The van der Waals surface area contributed by atoms with Crippen LogP contribution in [0.1, 0.15) is 12.7 Å². The van der Waals surface area contributed by atoms with Gasteiger partial charge in [0.05, 0.1) is 25.5 Å². The Morgan fingerprint density at radius 2 is 2.21 bits per heavy atom. The molecule has 0 unspecified atom stereocenters. The smallest absolute Gasteiger partial charge is 0.400 e. The minimum atomic E-state index is -1.35. The Balaban J connectivity index is 1.92. The molecular formula is C10H11N3O6. The largest absolute Gasteiger partial charge is 0.433 e. The number of ether oxygens (including phenoxy) is 2. The second-order valence-corrected chi connectivity index (χ2v) is 3.77. The molecule has 0 atom stereocenters. The maximum absolute atomic E-state index is 11.7. The van der Waals surface area contributed by atoms with Gasteiger partial charge in [-0.3, -0.25) is 14.9 Å². The van der Waals surface area contributed by atoms with E-state index in [0.717, 1.165) is 6.21 Å². The lowest BCUT2D eigenvalue weighted by atomic mass is 10.3. The van der Waals surface area contributed by atoms with Gasteiger partial charge in [0, 0.05) is 0 Å². The van der Waals surface area contributed by atoms with Crippen LogP contribution in [0.3, 0.4) is 0 Å². The summed E-state index contributed by atoms with van der Waals surface area (Å²) in [6.45, 7) is 2.14. The van der Waals surface area contributed by atoms with Crippen molar-refractivity contribution in [3.63, 3.8) is 0 Å². The maximum Gasteiger partial charge on any atom is 0.433 e. The molecule has 1 fully saturated rings. The SMILES string of the molecule is CC1(C(=O)NN=Cc2ccc([N+](=O)[O-])o2)OCCO1. The Morgan fingerprint density at radius 3 is 2.79 bits per heavy atom. The average Bonchev–Trinajstić information content (AvgIpc) is 2.99. The molecule has 2 rings (SSSR count).